The summed E-state index contributed by atoms with van der Waals surface area (Å²) in [5.74, 6) is 0.875. The molecule has 2 aliphatic carbocycles. The Balaban J connectivity index is 1.20. The van der Waals surface area contributed by atoms with Gasteiger partial charge in [0.15, 0.2) is 0 Å². The number of rotatable bonds is 5. The Kier molecular flexibility index (Phi) is 4.73. The van der Waals surface area contributed by atoms with E-state index >= 15 is 0 Å². The van der Waals surface area contributed by atoms with E-state index in [-0.39, 0.29) is 0 Å². The van der Waals surface area contributed by atoms with Crippen LogP contribution < -0.4 is 0 Å². The summed E-state index contributed by atoms with van der Waals surface area (Å²) in [5.41, 5.74) is 1.46. The first-order valence-electron chi connectivity index (χ1n) is 10.6. The molecule has 3 heteroatoms. The summed E-state index contributed by atoms with van der Waals surface area (Å²) in [6.07, 6.45) is 10.4. The van der Waals surface area contributed by atoms with Gasteiger partial charge in [-0.3, -0.25) is 4.90 Å². The molecule has 0 amide bonds. The molecule has 0 aromatic rings. The molecule has 0 unspecified atom stereocenters. The molecule has 0 N–H and O–H groups in total. The zero-order valence-electron chi connectivity index (χ0n) is 16.4. The molecule has 0 bridgehead atoms. The fourth-order valence-corrected chi connectivity index (χ4v) is 5.92. The van der Waals surface area contributed by atoms with Crippen molar-refractivity contribution in [2.24, 2.45) is 16.7 Å². The minimum absolute atomic E-state index is 0.723. The first-order valence-corrected chi connectivity index (χ1v) is 10.6. The molecular formula is C21H39N3. The van der Waals surface area contributed by atoms with Crippen LogP contribution in [0.1, 0.15) is 58.8 Å². The maximum Gasteiger partial charge on any atom is 0.0113 e. The van der Waals surface area contributed by atoms with Crippen molar-refractivity contribution in [3.8, 4) is 0 Å². The third-order valence-electron chi connectivity index (χ3n) is 7.67. The molecule has 2 saturated heterocycles. The Hall–Kier alpha value is -0.120. The average molecular weight is 334 g/mol. The van der Waals surface area contributed by atoms with E-state index in [1.807, 2.05) is 0 Å². The Morgan fingerprint density at radius 1 is 0.875 bits per heavy atom. The third-order valence-corrected chi connectivity index (χ3v) is 7.67. The van der Waals surface area contributed by atoms with Gasteiger partial charge in [-0.15, -0.1) is 0 Å². The Labute approximate surface area is 149 Å². The minimum Gasteiger partial charge on any atom is -0.304 e. The Bertz CT molecular complexity index is 418. The lowest BCUT2D eigenvalue weighted by Gasteiger charge is -2.56. The van der Waals surface area contributed by atoms with Gasteiger partial charge in [-0.25, -0.2) is 0 Å². The van der Waals surface area contributed by atoms with Crippen LogP contribution in [-0.4, -0.2) is 73.6 Å². The first-order chi connectivity index (χ1) is 11.5. The van der Waals surface area contributed by atoms with Crippen LogP contribution in [0.3, 0.4) is 0 Å². The predicted molar refractivity (Wildman–Crippen MR) is 101 cm³/mol. The number of likely N-dealkylation sites (tertiary alicyclic amines) is 1. The van der Waals surface area contributed by atoms with E-state index < -0.39 is 0 Å². The summed E-state index contributed by atoms with van der Waals surface area (Å²) in [6.45, 7) is 14.1. The molecule has 1 spiro atoms. The van der Waals surface area contributed by atoms with Gasteiger partial charge in [0.25, 0.3) is 0 Å². The van der Waals surface area contributed by atoms with E-state index in [9.17, 15) is 0 Å². The van der Waals surface area contributed by atoms with Gasteiger partial charge in [0.05, 0.1) is 0 Å². The van der Waals surface area contributed by atoms with E-state index in [1.165, 1.54) is 90.8 Å². The largest absolute Gasteiger partial charge is 0.304 e. The smallest absolute Gasteiger partial charge is 0.0113 e. The second kappa shape index (κ2) is 6.55. The first kappa shape index (κ1) is 17.3. The Morgan fingerprint density at radius 2 is 1.50 bits per heavy atom. The van der Waals surface area contributed by atoms with Gasteiger partial charge in [0, 0.05) is 38.8 Å². The van der Waals surface area contributed by atoms with Crippen molar-refractivity contribution >= 4 is 0 Å². The highest BCUT2D eigenvalue weighted by Crippen LogP contribution is 2.54. The lowest BCUT2D eigenvalue weighted by Crippen LogP contribution is -2.58. The van der Waals surface area contributed by atoms with E-state index in [0.29, 0.717) is 0 Å². The van der Waals surface area contributed by atoms with Gasteiger partial charge in [-0.05, 0) is 81.8 Å². The molecule has 0 atom stereocenters. The number of hydrogen-bond acceptors (Lipinski definition) is 3. The standard InChI is InChI=1S/C21H39N3/c1-18(2)14-21(4-5-21)17-23-8-6-20(7-9-23)15-19(16-20)24-12-10-22(3)11-13-24/h18-19H,4-17H2,1-3H3. The second-order valence-electron chi connectivity index (χ2n) is 10.3. The van der Waals surface area contributed by atoms with Crippen molar-refractivity contribution in [3.05, 3.63) is 0 Å². The van der Waals surface area contributed by atoms with Crippen LogP contribution in [0.4, 0.5) is 0 Å². The maximum absolute atomic E-state index is 2.82. The van der Waals surface area contributed by atoms with Crippen LogP contribution in [0.15, 0.2) is 0 Å². The fraction of sp³-hybridized carbons (Fsp3) is 1.00. The monoisotopic (exact) mass is 333 g/mol. The van der Waals surface area contributed by atoms with Gasteiger partial charge in [0.2, 0.25) is 0 Å². The van der Waals surface area contributed by atoms with Crippen LogP contribution in [0, 0.1) is 16.7 Å². The zero-order chi connectivity index (χ0) is 16.8. The van der Waals surface area contributed by atoms with E-state index in [1.54, 1.807) is 0 Å². The molecule has 4 rings (SSSR count). The molecule has 0 aromatic carbocycles. The number of hydrogen-bond donors (Lipinski definition) is 0. The summed E-state index contributed by atoms with van der Waals surface area (Å²) in [4.78, 5) is 8.09. The molecule has 0 radical (unpaired) electrons. The fourth-order valence-electron chi connectivity index (χ4n) is 5.92. The SMILES string of the molecule is CC(C)CC1(CN2CCC3(CC2)CC(N2CCN(C)CC2)C3)CC1. The number of likely N-dealkylation sites (N-methyl/N-ethyl adjacent to an activating group) is 1. The number of piperidine rings is 1. The van der Waals surface area contributed by atoms with Gasteiger partial charge < -0.3 is 9.80 Å². The molecule has 4 aliphatic rings. The Morgan fingerprint density at radius 3 is 2.04 bits per heavy atom. The highest BCUT2D eigenvalue weighted by Gasteiger charge is 2.49. The highest BCUT2D eigenvalue weighted by atomic mass is 15.3. The number of nitrogens with zero attached hydrogens (tertiary/aromatic N) is 3. The zero-order valence-corrected chi connectivity index (χ0v) is 16.4. The quantitative estimate of drug-likeness (QED) is 0.764. The third kappa shape index (κ3) is 3.68. The molecular weight excluding hydrogens is 294 g/mol. The summed E-state index contributed by atoms with van der Waals surface area (Å²) < 4.78 is 0. The van der Waals surface area contributed by atoms with Gasteiger partial charge in [-0.2, -0.15) is 0 Å². The van der Waals surface area contributed by atoms with Crippen LogP contribution in [0.25, 0.3) is 0 Å². The predicted octanol–water partition coefficient (Wildman–Crippen LogP) is 3.30. The molecule has 2 saturated carbocycles. The van der Waals surface area contributed by atoms with Gasteiger partial charge in [-0.1, -0.05) is 13.8 Å². The van der Waals surface area contributed by atoms with Crippen molar-refractivity contribution in [2.75, 3.05) is 52.9 Å². The minimum atomic E-state index is 0.723. The topological polar surface area (TPSA) is 9.72 Å². The van der Waals surface area contributed by atoms with Crippen molar-refractivity contribution in [2.45, 2.75) is 64.8 Å². The van der Waals surface area contributed by atoms with E-state index in [2.05, 4.69) is 35.6 Å². The van der Waals surface area contributed by atoms with Crippen LogP contribution in [-0.2, 0) is 0 Å². The van der Waals surface area contributed by atoms with Crippen molar-refractivity contribution in [1.82, 2.24) is 14.7 Å². The summed E-state index contributed by atoms with van der Waals surface area (Å²) in [6, 6.07) is 0.918. The van der Waals surface area contributed by atoms with Crippen molar-refractivity contribution in [3.63, 3.8) is 0 Å². The van der Waals surface area contributed by atoms with Crippen LogP contribution >= 0.6 is 0 Å². The van der Waals surface area contributed by atoms with Gasteiger partial charge >= 0.3 is 0 Å². The van der Waals surface area contributed by atoms with Crippen molar-refractivity contribution in [1.29, 1.82) is 0 Å². The maximum atomic E-state index is 2.82. The lowest BCUT2D eigenvalue weighted by atomic mass is 9.60. The molecule has 24 heavy (non-hydrogen) atoms. The van der Waals surface area contributed by atoms with Crippen LogP contribution in [0.5, 0.6) is 0 Å². The second-order valence-corrected chi connectivity index (χ2v) is 10.3. The van der Waals surface area contributed by atoms with E-state index in [4.69, 9.17) is 0 Å². The van der Waals surface area contributed by atoms with Crippen LogP contribution in [0.2, 0.25) is 0 Å². The van der Waals surface area contributed by atoms with E-state index in [0.717, 1.165) is 22.8 Å². The normalized spacial score (nSPS) is 31.5. The summed E-state index contributed by atoms with van der Waals surface area (Å²) in [5, 5.41) is 0. The molecule has 2 heterocycles. The average Bonchev–Trinajstić information content (AvgIpc) is 3.25. The molecule has 0 aromatic heterocycles. The molecule has 3 nitrogen and oxygen atoms in total. The highest BCUT2D eigenvalue weighted by molar-refractivity contribution is 5.03. The lowest BCUT2D eigenvalue weighted by molar-refractivity contribution is -0.0560. The molecule has 4 fully saturated rings. The summed E-state index contributed by atoms with van der Waals surface area (Å²) >= 11 is 0. The van der Waals surface area contributed by atoms with Gasteiger partial charge in [0.1, 0.15) is 0 Å². The van der Waals surface area contributed by atoms with Crippen molar-refractivity contribution < 1.29 is 0 Å². The number of piperazine rings is 1. The summed E-state index contributed by atoms with van der Waals surface area (Å²) in [7, 11) is 2.27. The molecule has 2 aliphatic heterocycles. The molecule has 138 valence electrons.